The number of hydrogen-bond donors (Lipinski definition) is 1. The number of rotatable bonds is 8. The van der Waals surface area contributed by atoms with Gasteiger partial charge in [0.05, 0.1) is 19.6 Å². The molecule has 0 spiro atoms. The van der Waals surface area contributed by atoms with Crippen molar-refractivity contribution < 1.29 is 19.4 Å². The van der Waals surface area contributed by atoms with Gasteiger partial charge in [-0.2, -0.15) is 0 Å². The zero-order valence-corrected chi connectivity index (χ0v) is 16.0. The van der Waals surface area contributed by atoms with E-state index in [1.807, 2.05) is 41.8 Å². The number of likely N-dealkylation sites (tertiary alicyclic amines) is 1. The predicted octanol–water partition coefficient (Wildman–Crippen LogP) is 2.47. The number of carbonyl (C=O) groups is 2. The van der Waals surface area contributed by atoms with E-state index >= 15 is 0 Å². The lowest BCUT2D eigenvalue weighted by atomic mass is 10.0. The number of aliphatic carboxylic acids is 1. The molecule has 1 fully saturated rings. The molecule has 144 valence electrons. The highest BCUT2D eigenvalue weighted by molar-refractivity contribution is 5.76. The molecule has 0 bridgehead atoms. The Morgan fingerprint density at radius 3 is 2.50 bits per heavy atom. The zero-order chi connectivity index (χ0) is 19.1. The zero-order valence-electron chi connectivity index (χ0n) is 16.0. The number of nitrogens with zero attached hydrogens (tertiary/aromatic N) is 2. The maximum absolute atomic E-state index is 12.4. The summed E-state index contributed by atoms with van der Waals surface area (Å²) in [5.74, 6) is 0.106. The topological polar surface area (TPSA) is 70.1 Å². The van der Waals surface area contributed by atoms with Crippen molar-refractivity contribution in [1.29, 1.82) is 0 Å². The quantitative estimate of drug-likeness (QED) is 0.769. The molecule has 0 radical (unpaired) electrons. The molecule has 0 unspecified atom stereocenters. The Morgan fingerprint density at radius 1 is 1.23 bits per heavy atom. The molecule has 6 nitrogen and oxygen atoms in total. The average molecular weight is 362 g/mol. The van der Waals surface area contributed by atoms with E-state index in [4.69, 9.17) is 9.84 Å². The highest BCUT2D eigenvalue weighted by atomic mass is 16.5. The van der Waals surface area contributed by atoms with Gasteiger partial charge in [-0.25, -0.2) is 0 Å². The van der Waals surface area contributed by atoms with E-state index in [2.05, 4.69) is 6.92 Å². The van der Waals surface area contributed by atoms with Crippen molar-refractivity contribution in [3.63, 3.8) is 0 Å². The van der Waals surface area contributed by atoms with E-state index in [1.165, 1.54) is 11.1 Å². The standard InChI is InChI=1S/C20H30N2O4/c1-4-21(14-20(24)25)17-7-10-22(11-8-17)19(23)9-12-26-18-6-5-15(2)16(3)13-18/h5-6,13,17H,4,7-12,14H2,1-3H3,(H,24,25). The summed E-state index contributed by atoms with van der Waals surface area (Å²) in [4.78, 5) is 27.2. The molecule has 0 atom stereocenters. The van der Waals surface area contributed by atoms with Crippen LogP contribution < -0.4 is 4.74 Å². The molecular formula is C20H30N2O4. The fraction of sp³-hybridized carbons (Fsp3) is 0.600. The smallest absolute Gasteiger partial charge is 0.317 e. The Hall–Kier alpha value is -2.08. The molecule has 0 aliphatic carbocycles. The molecule has 6 heteroatoms. The van der Waals surface area contributed by atoms with Crippen LogP contribution in [0, 0.1) is 13.8 Å². The summed E-state index contributed by atoms with van der Waals surface area (Å²) in [7, 11) is 0. The Labute approximate surface area is 155 Å². The number of carboxylic acids is 1. The van der Waals surface area contributed by atoms with Crippen LogP contribution in [0.1, 0.15) is 37.3 Å². The van der Waals surface area contributed by atoms with Crippen LogP contribution in [0.25, 0.3) is 0 Å². The second-order valence-corrected chi connectivity index (χ2v) is 6.91. The van der Waals surface area contributed by atoms with Gasteiger partial charge in [0.2, 0.25) is 5.91 Å². The van der Waals surface area contributed by atoms with Gasteiger partial charge in [0.15, 0.2) is 0 Å². The van der Waals surface area contributed by atoms with Crippen molar-refractivity contribution in [2.24, 2.45) is 0 Å². The molecule has 1 aliphatic heterocycles. The van der Waals surface area contributed by atoms with Gasteiger partial charge in [-0.1, -0.05) is 13.0 Å². The second-order valence-electron chi connectivity index (χ2n) is 6.91. The summed E-state index contributed by atoms with van der Waals surface area (Å²) in [5, 5.41) is 8.99. The Kier molecular flexibility index (Phi) is 7.45. The first-order valence-electron chi connectivity index (χ1n) is 9.34. The van der Waals surface area contributed by atoms with Gasteiger partial charge >= 0.3 is 5.97 Å². The summed E-state index contributed by atoms with van der Waals surface area (Å²) in [5.41, 5.74) is 2.40. The van der Waals surface area contributed by atoms with Crippen LogP contribution in [0.5, 0.6) is 5.75 Å². The summed E-state index contributed by atoms with van der Waals surface area (Å²) in [6, 6.07) is 6.19. The first kappa shape index (κ1) is 20.2. The molecular weight excluding hydrogens is 332 g/mol. The third-order valence-electron chi connectivity index (χ3n) is 5.14. The van der Waals surface area contributed by atoms with Crippen molar-refractivity contribution in [2.75, 3.05) is 32.8 Å². The Morgan fingerprint density at radius 2 is 1.92 bits per heavy atom. The van der Waals surface area contributed by atoms with Crippen LogP contribution in [0.2, 0.25) is 0 Å². The molecule has 1 heterocycles. The third kappa shape index (κ3) is 5.73. The lowest BCUT2D eigenvalue weighted by Crippen LogP contribution is -2.48. The van der Waals surface area contributed by atoms with Crippen LogP contribution in [0.4, 0.5) is 0 Å². The van der Waals surface area contributed by atoms with Crippen LogP contribution in [-0.2, 0) is 9.59 Å². The fourth-order valence-electron chi connectivity index (χ4n) is 3.37. The number of likely N-dealkylation sites (N-methyl/N-ethyl adjacent to an activating group) is 1. The number of hydrogen-bond acceptors (Lipinski definition) is 4. The molecule has 26 heavy (non-hydrogen) atoms. The minimum atomic E-state index is -0.797. The minimum absolute atomic E-state index is 0.0684. The summed E-state index contributed by atoms with van der Waals surface area (Å²) in [6.07, 6.45) is 2.01. The molecule has 1 saturated heterocycles. The fourth-order valence-corrected chi connectivity index (χ4v) is 3.37. The predicted molar refractivity (Wildman–Crippen MR) is 101 cm³/mol. The van der Waals surface area contributed by atoms with Gasteiger partial charge in [-0.05, 0) is 56.5 Å². The van der Waals surface area contributed by atoms with Crippen molar-refractivity contribution >= 4 is 11.9 Å². The van der Waals surface area contributed by atoms with E-state index in [1.54, 1.807) is 0 Å². The Balaban J connectivity index is 1.74. The Bertz CT molecular complexity index is 624. The maximum Gasteiger partial charge on any atom is 0.317 e. The van der Waals surface area contributed by atoms with E-state index in [-0.39, 0.29) is 18.5 Å². The highest BCUT2D eigenvalue weighted by Crippen LogP contribution is 2.18. The lowest BCUT2D eigenvalue weighted by Gasteiger charge is -2.37. The van der Waals surface area contributed by atoms with E-state index < -0.39 is 5.97 Å². The van der Waals surface area contributed by atoms with Crippen LogP contribution in [0.3, 0.4) is 0 Å². The SMILES string of the molecule is CCN(CC(=O)O)C1CCN(C(=O)CCOc2ccc(C)c(C)c2)CC1. The van der Waals surface area contributed by atoms with Crippen LogP contribution in [0.15, 0.2) is 18.2 Å². The monoisotopic (exact) mass is 362 g/mol. The largest absolute Gasteiger partial charge is 0.493 e. The van der Waals surface area contributed by atoms with Crippen molar-refractivity contribution in [2.45, 2.75) is 46.1 Å². The van der Waals surface area contributed by atoms with Crippen molar-refractivity contribution in [3.05, 3.63) is 29.3 Å². The molecule has 2 rings (SSSR count). The second kappa shape index (κ2) is 9.57. The van der Waals surface area contributed by atoms with Crippen LogP contribution >= 0.6 is 0 Å². The van der Waals surface area contributed by atoms with E-state index in [9.17, 15) is 9.59 Å². The van der Waals surface area contributed by atoms with Gasteiger partial charge in [0.1, 0.15) is 5.75 Å². The number of carbonyl (C=O) groups excluding carboxylic acids is 1. The number of piperidine rings is 1. The number of carboxylic acid groups (broad SMARTS) is 1. The van der Waals surface area contributed by atoms with Gasteiger partial charge in [-0.3, -0.25) is 14.5 Å². The molecule has 0 aromatic heterocycles. The molecule has 1 aromatic rings. The first-order valence-corrected chi connectivity index (χ1v) is 9.34. The molecule has 1 aromatic carbocycles. The van der Waals surface area contributed by atoms with Gasteiger partial charge < -0.3 is 14.7 Å². The first-order chi connectivity index (χ1) is 12.4. The van der Waals surface area contributed by atoms with Gasteiger partial charge in [0, 0.05) is 19.1 Å². The number of amides is 1. The number of aryl methyl sites for hydroxylation is 2. The number of benzene rings is 1. The van der Waals surface area contributed by atoms with Crippen molar-refractivity contribution in [1.82, 2.24) is 9.80 Å². The summed E-state index contributed by atoms with van der Waals surface area (Å²) in [6.45, 7) is 8.61. The van der Waals surface area contributed by atoms with Gasteiger partial charge in [0.25, 0.3) is 0 Å². The maximum atomic E-state index is 12.4. The summed E-state index contributed by atoms with van der Waals surface area (Å²) < 4.78 is 5.70. The minimum Gasteiger partial charge on any atom is -0.493 e. The molecule has 1 aliphatic rings. The van der Waals surface area contributed by atoms with Crippen molar-refractivity contribution in [3.8, 4) is 5.75 Å². The van der Waals surface area contributed by atoms with Gasteiger partial charge in [-0.15, -0.1) is 0 Å². The molecule has 1 amide bonds. The van der Waals surface area contributed by atoms with E-state index in [0.717, 1.165) is 18.6 Å². The molecule has 0 saturated carbocycles. The lowest BCUT2D eigenvalue weighted by molar-refractivity contribution is -0.140. The normalized spacial score (nSPS) is 15.3. The van der Waals surface area contributed by atoms with Crippen LogP contribution in [-0.4, -0.2) is 65.6 Å². The third-order valence-corrected chi connectivity index (χ3v) is 5.14. The highest BCUT2D eigenvalue weighted by Gasteiger charge is 2.27. The average Bonchev–Trinajstić information content (AvgIpc) is 2.62. The summed E-state index contributed by atoms with van der Waals surface area (Å²) >= 11 is 0. The van der Waals surface area contributed by atoms with E-state index in [0.29, 0.717) is 32.7 Å². The molecule has 1 N–H and O–H groups in total. The number of ether oxygens (including phenoxy) is 1.